The molecule has 4 nitrogen and oxygen atoms in total. The van der Waals surface area contributed by atoms with Crippen molar-refractivity contribution in [3.8, 4) is 0 Å². The minimum absolute atomic E-state index is 0.297. The van der Waals surface area contributed by atoms with Crippen LogP contribution in [0.4, 0.5) is 0 Å². The maximum atomic E-state index is 4.77. The van der Waals surface area contributed by atoms with E-state index in [9.17, 15) is 0 Å². The van der Waals surface area contributed by atoms with Gasteiger partial charge in [0.2, 0.25) is 0 Å². The maximum absolute atomic E-state index is 4.77. The molecule has 0 heterocycles. The molecule has 0 aliphatic heterocycles. The average molecular weight is 276 g/mol. The standard InChI is InChI=1S/C16H28N4/c1-13-8-10-14(11-9-13)15(18(2)3)12-17-16(19(4)5)20(6)7/h8-11,15H,12H2,1-7H3. The SMILES string of the molecule is Cc1ccc(C(CN=C(N(C)C)N(C)C)N(C)C)cc1. The molecule has 0 radical (unpaired) electrons. The van der Waals surface area contributed by atoms with E-state index < -0.39 is 0 Å². The highest BCUT2D eigenvalue weighted by Crippen LogP contribution is 2.19. The first-order valence-corrected chi connectivity index (χ1v) is 6.95. The van der Waals surface area contributed by atoms with E-state index in [2.05, 4.69) is 50.2 Å². The molecule has 0 spiro atoms. The maximum Gasteiger partial charge on any atom is 0.195 e. The predicted molar refractivity (Wildman–Crippen MR) is 87.3 cm³/mol. The first kappa shape index (κ1) is 16.5. The molecule has 0 aliphatic rings. The van der Waals surface area contributed by atoms with Crippen molar-refractivity contribution < 1.29 is 0 Å². The second kappa shape index (κ2) is 7.29. The zero-order valence-electron chi connectivity index (χ0n) is 13.9. The monoisotopic (exact) mass is 276 g/mol. The van der Waals surface area contributed by atoms with Crippen LogP contribution in [-0.4, -0.2) is 69.5 Å². The summed E-state index contributed by atoms with van der Waals surface area (Å²) in [6, 6.07) is 9.01. The van der Waals surface area contributed by atoms with Crippen LogP contribution in [0.2, 0.25) is 0 Å². The molecule has 20 heavy (non-hydrogen) atoms. The third kappa shape index (κ3) is 4.53. The Kier molecular flexibility index (Phi) is 6.02. The lowest BCUT2D eigenvalue weighted by atomic mass is 10.0. The summed E-state index contributed by atoms with van der Waals surface area (Å²) in [4.78, 5) is 11.1. The highest BCUT2D eigenvalue weighted by molar-refractivity contribution is 5.79. The first-order valence-electron chi connectivity index (χ1n) is 6.95. The summed E-state index contributed by atoms with van der Waals surface area (Å²) in [7, 11) is 12.3. The van der Waals surface area contributed by atoms with Gasteiger partial charge < -0.3 is 14.7 Å². The van der Waals surface area contributed by atoms with Crippen molar-refractivity contribution >= 4 is 5.96 Å². The number of rotatable bonds is 4. The molecule has 1 aromatic rings. The van der Waals surface area contributed by atoms with Crippen LogP contribution in [-0.2, 0) is 0 Å². The van der Waals surface area contributed by atoms with E-state index in [1.807, 2.05) is 38.0 Å². The van der Waals surface area contributed by atoms with Gasteiger partial charge in [-0.25, -0.2) is 0 Å². The predicted octanol–water partition coefficient (Wildman–Crippen LogP) is 2.08. The van der Waals surface area contributed by atoms with Crippen LogP contribution >= 0.6 is 0 Å². The number of aryl methyl sites for hydroxylation is 1. The van der Waals surface area contributed by atoms with Gasteiger partial charge >= 0.3 is 0 Å². The third-order valence-corrected chi connectivity index (χ3v) is 3.29. The molecule has 1 rings (SSSR count). The number of likely N-dealkylation sites (N-methyl/N-ethyl adjacent to an activating group) is 1. The fourth-order valence-electron chi connectivity index (χ4n) is 2.21. The molecule has 4 heteroatoms. The minimum atomic E-state index is 0.297. The summed E-state index contributed by atoms with van der Waals surface area (Å²) in [6.07, 6.45) is 0. The number of hydrogen-bond donors (Lipinski definition) is 0. The summed E-state index contributed by atoms with van der Waals surface area (Å²) in [5, 5.41) is 0. The molecular weight excluding hydrogens is 248 g/mol. The summed E-state index contributed by atoms with van der Waals surface area (Å²) in [6.45, 7) is 2.87. The molecule has 1 atom stereocenters. The molecule has 0 saturated heterocycles. The van der Waals surface area contributed by atoms with Crippen LogP contribution in [0.25, 0.3) is 0 Å². The molecule has 0 amide bonds. The summed E-state index contributed by atoms with van der Waals surface area (Å²) in [5.74, 6) is 0.990. The minimum Gasteiger partial charge on any atom is -0.349 e. The molecule has 0 aliphatic carbocycles. The molecule has 1 unspecified atom stereocenters. The van der Waals surface area contributed by atoms with Crippen molar-refractivity contribution in [3.05, 3.63) is 35.4 Å². The Morgan fingerprint density at radius 3 is 1.85 bits per heavy atom. The molecule has 0 fully saturated rings. The van der Waals surface area contributed by atoms with Gasteiger partial charge in [0.1, 0.15) is 0 Å². The van der Waals surface area contributed by atoms with Crippen LogP contribution in [0, 0.1) is 6.92 Å². The van der Waals surface area contributed by atoms with E-state index in [0.717, 1.165) is 12.5 Å². The summed E-state index contributed by atoms with van der Waals surface area (Å²) in [5.41, 5.74) is 2.60. The van der Waals surface area contributed by atoms with Crippen molar-refractivity contribution in [1.82, 2.24) is 14.7 Å². The number of aliphatic imine (C=N–C) groups is 1. The van der Waals surface area contributed by atoms with Crippen molar-refractivity contribution in [3.63, 3.8) is 0 Å². The van der Waals surface area contributed by atoms with Gasteiger partial charge in [0, 0.05) is 28.2 Å². The van der Waals surface area contributed by atoms with Gasteiger partial charge in [0.25, 0.3) is 0 Å². The van der Waals surface area contributed by atoms with Gasteiger partial charge in [-0.1, -0.05) is 29.8 Å². The van der Waals surface area contributed by atoms with Gasteiger partial charge in [-0.15, -0.1) is 0 Å². The highest BCUT2D eigenvalue weighted by atomic mass is 15.3. The Hall–Kier alpha value is -1.55. The summed E-state index contributed by atoms with van der Waals surface area (Å²) < 4.78 is 0. The van der Waals surface area contributed by atoms with Gasteiger partial charge in [-0.3, -0.25) is 4.99 Å². The molecule has 0 bridgehead atoms. The van der Waals surface area contributed by atoms with Crippen LogP contribution in [0.5, 0.6) is 0 Å². The van der Waals surface area contributed by atoms with E-state index in [4.69, 9.17) is 4.99 Å². The Labute approximate surface area is 123 Å². The largest absolute Gasteiger partial charge is 0.349 e. The number of guanidine groups is 1. The van der Waals surface area contributed by atoms with Gasteiger partial charge in [-0.2, -0.15) is 0 Å². The molecule has 1 aromatic carbocycles. The molecular formula is C16H28N4. The first-order chi connectivity index (χ1) is 9.32. The van der Waals surface area contributed by atoms with Crippen LogP contribution in [0.3, 0.4) is 0 Å². The Morgan fingerprint density at radius 1 is 0.950 bits per heavy atom. The zero-order valence-corrected chi connectivity index (χ0v) is 13.9. The van der Waals surface area contributed by atoms with Crippen molar-refractivity contribution in [2.75, 3.05) is 48.8 Å². The number of benzene rings is 1. The van der Waals surface area contributed by atoms with Gasteiger partial charge in [0.15, 0.2) is 5.96 Å². The Balaban J connectivity index is 2.93. The third-order valence-electron chi connectivity index (χ3n) is 3.29. The Bertz CT molecular complexity index is 422. The summed E-state index contributed by atoms with van der Waals surface area (Å²) >= 11 is 0. The second-order valence-corrected chi connectivity index (χ2v) is 5.82. The fraction of sp³-hybridized carbons (Fsp3) is 0.562. The topological polar surface area (TPSA) is 22.1 Å². The smallest absolute Gasteiger partial charge is 0.195 e. The lowest BCUT2D eigenvalue weighted by Crippen LogP contribution is -2.36. The number of hydrogen-bond acceptors (Lipinski definition) is 2. The highest BCUT2D eigenvalue weighted by Gasteiger charge is 2.14. The molecule has 0 saturated carbocycles. The van der Waals surface area contributed by atoms with Crippen LogP contribution in [0.1, 0.15) is 17.2 Å². The van der Waals surface area contributed by atoms with Crippen molar-refractivity contribution in [2.24, 2.45) is 4.99 Å². The normalized spacial score (nSPS) is 12.2. The quantitative estimate of drug-likeness (QED) is 0.621. The van der Waals surface area contributed by atoms with Crippen LogP contribution < -0.4 is 0 Å². The van der Waals surface area contributed by atoms with E-state index in [-0.39, 0.29) is 0 Å². The lowest BCUT2D eigenvalue weighted by molar-refractivity contribution is 0.304. The van der Waals surface area contributed by atoms with E-state index in [1.54, 1.807) is 0 Å². The molecule has 112 valence electrons. The molecule has 0 aromatic heterocycles. The fourth-order valence-corrected chi connectivity index (χ4v) is 2.21. The van der Waals surface area contributed by atoms with Crippen molar-refractivity contribution in [2.45, 2.75) is 13.0 Å². The molecule has 0 N–H and O–H groups in total. The van der Waals surface area contributed by atoms with E-state index in [0.29, 0.717) is 6.04 Å². The second-order valence-electron chi connectivity index (χ2n) is 5.82. The van der Waals surface area contributed by atoms with Gasteiger partial charge in [0.05, 0.1) is 12.6 Å². The van der Waals surface area contributed by atoms with E-state index >= 15 is 0 Å². The Morgan fingerprint density at radius 2 is 1.45 bits per heavy atom. The van der Waals surface area contributed by atoms with Gasteiger partial charge in [-0.05, 0) is 26.6 Å². The average Bonchev–Trinajstić information content (AvgIpc) is 2.34. The lowest BCUT2D eigenvalue weighted by Gasteiger charge is -2.26. The van der Waals surface area contributed by atoms with E-state index in [1.165, 1.54) is 11.1 Å². The zero-order chi connectivity index (χ0) is 15.3. The van der Waals surface area contributed by atoms with Crippen LogP contribution in [0.15, 0.2) is 29.3 Å². The number of nitrogens with zero attached hydrogens (tertiary/aromatic N) is 4. The van der Waals surface area contributed by atoms with Crippen molar-refractivity contribution in [1.29, 1.82) is 0 Å².